The fourth-order valence-electron chi connectivity index (χ4n) is 3.67. The smallest absolute Gasteiger partial charge is 0.181 e. The van der Waals surface area contributed by atoms with Crippen LogP contribution in [-0.2, 0) is 9.84 Å². The van der Waals surface area contributed by atoms with E-state index < -0.39 is 9.84 Å². The summed E-state index contributed by atoms with van der Waals surface area (Å²) in [7, 11) is -1.53. The highest BCUT2D eigenvalue weighted by molar-refractivity contribution is 7.91. The zero-order valence-corrected chi connectivity index (χ0v) is 16.4. The van der Waals surface area contributed by atoms with Crippen LogP contribution in [0, 0.1) is 0 Å². The van der Waals surface area contributed by atoms with Crippen molar-refractivity contribution in [2.24, 2.45) is 0 Å². The Morgan fingerprint density at radius 2 is 1.65 bits per heavy atom. The Morgan fingerprint density at radius 3 is 2.27 bits per heavy atom. The van der Waals surface area contributed by atoms with E-state index in [4.69, 9.17) is 28.6 Å². The van der Waals surface area contributed by atoms with Gasteiger partial charge in [-0.2, -0.15) is 0 Å². The minimum Gasteiger partial charge on any atom is -0.497 e. The van der Waals surface area contributed by atoms with E-state index in [-0.39, 0.29) is 23.6 Å². The molecule has 2 aliphatic rings. The quantitative estimate of drug-likeness (QED) is 0.727. The Morgan fingerprint density at radius 1 is 1.04 bits per heavy atom. The van der Waals surface area contributed by atoms with Crippen LogP contribution < -0.4 is 14.5 Å². The number of rotatable bonds is 3. The zero-order valence-electron chi connectivity index (χ0n) is 14.0. The predicted octanol–water partition coefficient (Wildman–Crippen LogP) is 3.13. The van der Waals surface area contributed by atoms with Crippen LogP contribution >= 0.6 is 23.8 Å². The van der Waals surface area contributed by atoms with E-state index in [1.165, 1.54) is 0 Å². The van der Waals surface area contributed by atoms with Gasteiger partial charge in [-0.15, -0.1) is 0 Å². The highest BCUT2D eigenvalue weighted by Crippen LogP contribution is 2.39. The highest BCUT2D eigenvalue weighted by Gasteiger charge is 2.52. The van der Waals surface area contributed by atoms with Gasteiger partial charge >= 0.3 is 0 Å². The number of sulfone groups is 1. The van der Waals surface area contributed by atoms with Crippen LogP contribution in [0.15, 0.2) is 48.5 Å². The molecular formula is C18H17ClN2O3S2. The lowest BCUT2D eigenvalue weighted by atomic mass is 10.1. The van der Waals surface area contributed by atoms with Crippen LogP contribution in [0.2, 0.25) is 5.02 Å². The van der Waals surface area contributed by atoms with Crippen molar-refractivity contribution >= 4 is 50.1 Å². The van der Waals surface area contributed by atoms with Crippen molar-refractivity contribution in [3.8, 4) is 5.75 Å². The van der Waals surface area contributed by atoms with Gasteiger partial charge in [-0.1, -0.05) is 17.7 Å². The molecule has 2 heterocycles. The van der Waals surface area contributed by atoms with Gasteiger partial charge in [0.1, 0.15) is 5.75 Å². The molecule has 2 aliphatic heterocycles. The molecule has 2 aromatic carbocycles. The molecule has 0 spiro atoms. The molecule has 26 heavy (non-hydrogen) atoms. The van der Waals surface area contributed by atoms with Gasteiger partial charge in [0.15, 0.2) is 14.9 Å². The molecule has 5 nitrogen and oxygen atoms in total. The first-order valence-electron chi connectivity index (χ1n) is 8.12. The number of thiocarbonyl (C=S) groups is 1. The van der Waals surface area contributed by atoms with Crippen LogP contribution in [0.3, 0.4) is 0 Å². The number of methoxy groups -OCH3 is 1. The molecule has 4 rings (SSSR count). The zero-order chi connectivity index (χ0) is 18.5. The maximum atomic E-state index is 12.3. The first-order valence-corrected chi connectivity index (χ1v) is 10.7. The van der Waals surface area contributed by atoms with E-state index in [1.54, 1.807) is 19.2 Å². The standard InChI is InChI=1S/C18H17ClN2O3S2/c1-24-15-4-2-3-14(9-15)21-17-11-26(22,23)10-16(17)20(18(21)25)13-7-5-12(19)6-8-13/h2-9,16-17H,10-11H2,1H3. The monoisotopic (exact) mass is 408 g/mol. The van der Waals surface area contributed by atoms with Gasteiger partial charge < -0.3 is 14.5 Å². The van der Waals surface area contributed by atoms with E-state index >= 15 is 0 Å². The maximum Gasteiger partial charge on any atom is 0.181 e. The third kappa shape index (κ3) is 2.94. The second-order valence-corrected chi connectivity index (χ2v) is 9.37. The number of ether oxygens (including phenoxy) is 1. The molecule has 136 valence electrons. The summed E-state index contributed by atoms with van der Waals surface area (Å²) in [5, 5.41) is 1.21. The molecule has 8 heteroatoms. The second kappa shape index (κ2) is 6.40. The number of nitrogens with zero attached hydrogens (tertiary/aromatic N) is 2. The summed E-state index contributed by atoms with van der Waals surface area (Å²) in [6.45, 7) is 0. The number of benzene rings is 2. The molecule has 0 amide bonds. The van der Waals surface area contributed by atoms with Gasteiger partial charge in [0.05, 0.1) is 30.7 Å². The third-order valence-electron chi connectivity index (χ3n) is 4.81. The second-order valence-electron chi connectivity index (χ2n) is 6.41. The van der Waals surface area contributed by atoms with Gasteiger partial charge in [0.2, 0.25) is 0 Å². The van der Waals surface area contributed by atoms with E-state index in [2.05, 4.69) is 0 Å². The average molecular weight is 409 g/mol. The van der Waals surface area contributed by atoms with Crippen LogP contribution in [-0.4, -0.2) is 44.2 Å². The van der Waals surface area contributed by atoms with Crippen LogP contribution in [0.1, 0.15) is 0 Å². The Balaban J connectivity index is 1.80. The summed E-state index contributed by atoms with van der Waals surface area (Å²) in [6.07, 6.45) is 0. The summed E-state index contributed by atoms with van der Waals surface area (Å²) < 4.78 is 30.0. The lowest BCUT2D eigenvalue weighted by molar-refractivity contribution is 0.415. The fourth-order valence-corrected chi connectivity index (χ4v) is 6.20. The summed E-state index contributed by atoms with van der Waals surface area (Å²) in [5.74, 6) is 0.868. The van der Waals surface area contributed by atoms with E-state index in [0.29, 0.717) is 15.9 Å². The van der Waals surface area contributed by atoms with Crippen LogP contribution in [0.4, 0.5) is 11.4 Å². The van der Waals surface area contributed by atoms with E-state index in [0.717, 1.165) is 11.4 Å². The molecule has 2 aromatic rings. The van der Waals surface area contributed by atoms with Gasteiger partial charge in [-0.25, -0.2) is 8.42 Å². The summed E-state index contributed by atoms with van der Waals surface area (Å²) in [6, 6.07) is 14.4. The Hall–Kier alpha value is -1.83. The maximum absolute atomic E-state index is 12.3. The van der Waals surface area contributed by atoms with Crippen molar-refractivity contribution in [1.82, 2.24) is 0 Å². The third-order valence-corrected chi connectivity index (χ3v) is 7.15. The molecular weight excluding hydrogens is 392 g/mol. The van der Waals surface area contributed by atoms with Crippen molar-refractivity contribution < 1.29 is 13.2 Å². The summed E-state index contributed by atoms with van der Waals surface area (Å²) in [4.78, 5) is 3.86. The molecule has 2 unspecified atom stereocenters. The lowest BCUT2D eigenvalue weighted by Crippen LogP contribution is -2.37. The molecule has 2 saturated heterocycles. The number of halogens is 1. The molecule has 0 saturated carbocycles. The summed E-state index contributed by atoms with van der Waals surface area (Å²) >= 11 is 11.7. The minimum absolute atomic E-state index is 0.0824. The predicted molar refractivity (Wildman–Crippen MR) is 108 cm³/mol. The van der Waals surface area contributed by atoms with Crippen molar-refractivity contribution in [3.05, 3.63) is 53.6 Å². The number of hydrogen-bond donors (Lipinski definition) is 0. The van der Waals surface area contributed by atoms with E-state index in [9.17, 15) is 8.42 Å². The number of hydrogen-bond acceptors (Lipinski definition) is 4. The molecule has 0 bridgehead atoms. The van der Waals surface area contributed by atoms with Gasteiger partial charge in [0, 0.05) is 22.5 Å². The highest BCUT2D eigenvalue weighted by atomic mass is 35.5. The normalized spacial score (nSPS) is 24.0. The van der Waals surface area contributed by atoms with Crippen molar-refractivity contribution in [2.45, 2.75) is 12.1 Å². The Labute approximate surface area is 163 Å². The van der Waals surface area contributed by atoms with Gasteiger partial charge in [-0.05, 0) is 48.6 Å². The van der Waals surface area contributed by atoms with Gasteiger partial charge in [0.25, 0.3) is 0 Å². The molecule has 0 aliphatic carbocycles. The Bertz CT molecular complexity index is 963. The van der Waals surface area contributed by atoms with Gasteiger partial charge in [-0.3, -0.25) is 0 Å². The van der Waals surface area contributed by atoms with Crippen LogP contribution in [0.25, 0.3) is 0 Å². The molecule has 0 aromatic heterocycles. The molecule has 2 atom stereocenters. The Kier molecular flexibility index (Phi) is 4.33. The van der Waals surface area contributed by atoms with Crippen molar-refractivity contribution in [2.75, 3.05) is 28.4 Å². The first-order chi connectivity index (χ1) is 12.4. The fraction of sp³-hybridized carbons (Fsp3) is 0.278. The average Bonchev–Trinajstić information content (AvgIpc) is 3.04. The number of fused-ring (bicyclic) bond motifs is 1. The molecule has 0 radical (unpaired) electrons. The SMILES string of the molecule is COc1cccc(N2C(=S)N(c3ccc(Cl)cc3)C3CS(=O)(=O)CC32)c1. The largest absolute Gasteiger partial charge is 0.497 e. The van der Waals surface area contributed by atoms with Crippen LogP contribution in [0.5, 0.6) is 5.75 Å². The van der Waals surface area contributed by atoms with Crippen molar-refractivity contribution in [3.63, 3.8) is 0 Å². The summed E-state index contributed by atoms with van der Waals surface area (Å²) in [5.41, 5.74) is 1.68. The number of anilines is 2. The lowest BCUT2D eigenvalue weighted by Gasteiger charge is -2.26. The van der Waals surface area contributed by atoms with E-state index in [1.807, 2.05) is 46.2 Å². The van der Waals surface area contributed by atoms with Crippen molar-refractivity contribution in [1.29, 1.82) is 0 Å². The first kappa shape index (κ1) is 17.6. The minimum atomic E-state index is -3.13. The molecule has 2 fully saturated rings. The topological polar surface area (TPSA) is 49.9 Å². The molecule has 0 N–H and O–H groups in total.